The number of pyridine rings is 1. The van der Waals surface area contributed by atoms with E-state index in [1.54, 1.807) is 36.3 Å². The molecule has 1 aromatic carbocycles. The minimum Gasteiger partial charge on any atom is -0.325 e. The molecule has 0 saturated carbocycles. The Morgan fingerprint density at radius 2 is 1.95 bits per heavy atom. The molecule has 0 aliphatic heterocycles. The number of aromatic nitrogens is 1. The molecule has 1 amide bonds. The highest BCUT2D eigenvalue weighted by molar-refractivity contribution is 9.10. The second-order valence-corrected chi connectivity index (χ2v) is 6.31. The van der Waals surface area contributed by atoms with Gasteiger partial charge in [0.15, 0.2) is 0 Å². The number of hydrogen-bond donors (Lipinski definition) is 1. The standard InChI is InChI=1S/C15H15BrN2OS/c1-10-8-14(11(2)7-13(10)16)20-9-15(19)18-12-3-5-17-6-4-12/h3-8H,9H2,1-2H3,(H,17,18,19). The highest BCUT2D eigenvalue weighted by Gasteiger charge is 2.07. The fourth-order valence-electron chi connectivity index (χ4n) is 1.69. The number of rotatable bonds is 4. The Balaban J connectivity index is 1.95. The summed E-state index contributed by atoms with van der Waals surface area (Å²) < 4.78 is 1.10. The number of halogens is 1. The average Bonchev–Trinajstić information content (AvgIpc) is 2.42. The molecule has 0 saturated heterocycles. The van der Waals surface area contributed by atoms with E-state index >= 15 is 0 Å². The first-order valence-corrected chi connectivity index (χ1v) is 7.93. The van der Waals surface area contributed by atoms with Crippen molar-refractivity contribution < 1.29 is 4.79 Å². The summed E-state index contributed by atoms with van der Waals surface area (Å²) in [7, 11) is 0. The van der Waals surface area contributed by atoms with E-state index in [2.05, 4.69) is 38.4 Å². The van der Waals surface area contributed by atoms with Gasteiger partial charge in [-0.1, -0.05) is 15.9 Å². The zero-order valence-corrected chi connectivity index (χ0v) is 13.7. The molecule has 104 valence electrons. The van der Waals surface area contributed by atoms with Gasteiger partial charge in [0, 0.05) is 27.4 Å². The van der Waals surface area contributed by atoms with Gasteiger partial charge in [0.1, 0.15) is 0 Å². The van der Waals surface area contributed by atoms with Gasteiger partial charge in [-0.2, -0.15) is 0 Å². The van der Waals surface area contributed by atoms with Crippen molar-refractivity contribution in [2.24, 2.45) is 0 Å². The number of carbonyl (C=O) groups excluding carboxylic acids is 1. The molecular formula is C15H15BrN2OS. The van der Waals surface area contributed by atoms with Crippen LogP contribution in [0.2, 0.25) is 0 Å². The first-order chi connectivity index (χ1) is 9.56. The smallest absolute Gasteiger partial charge is 0.234 e. The summed E-state index contributed by atoms with van der Waals surface area (Å²) in [5.41, 5.74) is 3.12. The third-order valence-electron chi connectivity index (χ3n) is 2.78. The largest absolute Gasteiger partial charge is 0.325 e. The molecule has 1 N–H and O–H groups in total. The monoisotopic (exact) mass is 350 g/mol. The van der Waals surface area contributed by atoms with E-state index < -0.39 is 0 Å². The molecule has 0 unspecified atom stereocenters. The Hall–Kier alpha value is -1.33. The van der Waals surface area contributed by atoms with E-state index in [0.717, 1.165) is 15.1 Å². The van der Waals surface area contributed by atoms with Gasteiger partial charge in [0.2, 0.25) is 5.91 Å². The zero-order valence-electron chi connectivity index (χ0n) is 11.3. The molecule has 0 bridgehead atoms. The maximum absolute atomic E-state index is 11.9. The topological polar surface area (TPSA) is 42.0 Å². The van der Waals surface area contributed by atoms with Crippen LogP contribution in [0.4, 0.5) is 5.69 Å². The van der Waals surface area contributed by atoms with E-state index in [4.69, 9.17) is 0 Å². The molecule has 0 aliphatic carbocycles. The highest BCUT2D eigenvalue weighted by atomic mass is 79.9. The molecule has 0 spiro atoms. The molecule has 0 radical (unpaired) electrons. The van der Waals surface area contributed by atoms with Crippen molar-refractivity contribution in [1.82, 2.24) is 4.98 Å². The number of aryl methyl sites for hydroxylation is 2. The van der Waals surface area contributed by atoms with Crippen LogP contribution in [0.3, 0.4) is 0 Å². The number of carbonyl (C=O) groups is 1. The normalized spacial score (nSPS) is 10.3. The highest BCUT2D eigenvalue weighted by Crippen LogP contribution is 2.28. The van der Waals surface area contributed by atoms with Gasteiger partial charge in [0.25, 0.3) is 0 Å². The minimum absolute atomic E-state index is 0.0128. The van der Waals surface area contributed by atoms with Crippen molar-refractivity contribution in [3.05, 3.63) is 52.3 Å². The van der Waals surface area contributed by atoms with Crippen LogP contribution in [0.25, 0.3) is 0 Å². The number of amides is 1. The molecule has 1 heterocycles. The third-order valence-corrected chi connectivity index (χ3v) is 4.79. The quantitative estimate of drug-likeness (QED) is 0.840. The van der Waals surface area contributed by atoms with Crippen LogP contribution in [-0.4, -0.2) is 16.6 Å². The molecule has 0 atom stereocenters. The summed E-state index contributed by atoms with van der Waals surface area (Å²) in [6.07, 6.45) is 3.32. The minimum atomic E-state index is -0.0128. The first-order valence-electron chi connectivity index (χ1n) is 6.15. The van der Waals surface area contributed by atoms with Gasteiger partial charge in [-0.05, 0) is 49.2 Å². The Labute approximate surface area is 131 Å². The lowest BCUT2D eigenvalue weighted by Gasteiger charge is -2.09. The summed E-state index contributed by atoms with van der Waals surface area (Å²) >= 11 is 5.06. The molecule has 1 aromatic heterocycles. The number of thioether (sulfide) groups is 1. The number of nitrogens with zero attached hydrogens (tertiary/aromatic N) is 1. The maximum Gasteiger partial charge on any atom is 0.234 e. The van der Waals surface area contributed by atoms with Gasteiger partial charge in [-0.15, -0.1) is 11.8 Å². The predicted octanol–water partition coefficient (Wildman–Crippen LogP) is 4.19. The van der Waals surface area contributed by atoms with Crippen LogP contribution >= 0.6 is 27.7 Å². The number of anilines is 1. The summed E-state index contributed by atoms with van der Waals surface area (Å²) in [5.74, 6) is 0.380. The van der Waals surface area contributed by atoms with Crippen molar-refractivity contribution in [2.75, 3.05) is 11.1 Å². The second-order valence-electron chi connectivity index (χ2n) is 4.44. The van der Waals surface area contributed by atoms with E-state index in [9.17, 15) is 4.79 Å². The molecule has 2 rings (SSSR count). The molecule has 5 heteroatoms. The Morgan fingerprint density at radius 3 is 2.65 bits per heavy atom. The average molecular weight is 351 g/mol. The summed E-state index contributed by atoms with van der Waals surface area (Å²) in [6, 6.07) is 7.73. The summed E-state index contributed by atoms with van der Waals surface area (Å²) in [4.78, 5) is 16.9. The van der Waals surface area contributed by atoms with Crippen LogP contribution in [0, 0.1) is 13.8 Å². The van der Waals surface area contributed by atoms with E-state index in [1.807, 2.05) is 13.8 Å². The van der Waals surface area contributed by atoms with Gasteiger partial charge in [-0.25, -0.2) is 0 Å². The lowest BCUT2D eigenvalue weighted by Crippen LogP contribution is -2.14. The van der Waals surface area contributed by atoms with Crippen molar-refractivity contribution in [3.8, 4) is 0 Å². The van der Waals surface area contributed by atoms with E-state index in [-0.39, 0.29) is 5.91 Å². The molecule has 2 aromatic rings. The lowest BCUT2D eigenvalue weighted by atomic mass is 10.2. The zero-order chi connectivity index (χ0) is 14.5. The van der Waals surface area contributed by atoms with Crippen molar-refractivity contribution in [2.45, 2.75) is 18.7 Å². The predicted molar refractivity (Wildman–Crippen MR) is 87.2 cm³/mol. The van der Waals surface area contributed by atoms with Crippen molar-refractivity contribution >= 4 is 39.3 Å². The summed E-state index contributed by atoms with van der Waals surface area (Å²) in [5, 5.41) is 2.85. The number of benzene rings is 1. The van der Waals surface area contributed by atoms with Crippen LogP contribution in [0.15, 0.2) is 46.0 Å². The van der Waals surface area contributed by atoms with Crippen LogP contribution in [0.5, 0.6) is 0 Å². The Bertz CT molecular complexity index is 617. The van der Waals surface area contributed by atoms with Crippen LogP contribution in [-0.2, 0) is 4.79 Å². The third kappa shape index (κ3) is 4.08. The molecule has 0 fully saturated rings. The molecule has 3 nitrogen and oxygen atoms in total. The first kappa shape index (κ1) is 15.1. The van der Waals surface area contributed by atoms with Gasteiger partial charge in [-0.3, -0.25) is 9.78 Å². The maximum atomic E-state index is 11.9. The van der Waals surface area contributed by atoms with Crippen molar-refractivity contribution in [1.29, 1.82) is 0 Å². The number of nitrogens with one attached hydrogen (secondary N) is 1. The summed E-state index contributed by atoms with van der Waals surface area (Å²) in [6.45, 7) is 4.10. The van der Waals surface area contributed by atoms with Crippen LogP contribution in [0.1, 0.15) is 11.1 Å². The van der Waals surface area contributed by atoms with E-state index in [0.29, 0.717) is 5.75 Å². The fourth-order valence-corrected chi connectivity index (χ4v) is 3.05. The van der Waals surface area contributed by atoms with E-state index in [1.165, 1.54) is 11.1 Å². The Kier molecular flexibility index (Phi) is 5.20. The fraction of sp³-hybridized carbons (Fsp3) is 0.200. The number of hydrogen-bond acceptors (Lipinski definition) is 3. The second kappa shape index (κ2) is 6.90. The lowest BCUT2D eigenvalue weighted by molar-refractivity contribution is -0.113. The molecular weight excluding hydrogens is 336 g/mol. The SMILES string of the molecule is Cc1cc(SCC(=O)Nc2ccncc2)c(C)cc1Br. The van der Waals surface area contributed by atoms with Crippen LogP contribution < -0.4 is 5.32 Å². The van der Waals surface area contributed by atoms with Gasteiger partial charge >= 0.3 is 0 Å². The Morgan fingerprint density at radius 1 is 1.25 bits per heavy atom. The van der Waals surface area contributed by atoms with Gasteiger partial charge in [0.05, 0.1) is 5.75 Å². The van der Waals surface area contributed by atoms with Gasteiger partial charge < -0.3 is 5.32 Å². The molecule has 0 aliphatic rings. The molecule has 20 heavy (non-hydrogen) atoms. The van der Waals surface area contributed by atoms with Crippen molar-refractivity contribution in [3.63, 3.8) is 0 Å².